The molecule has 0 aliphatic heterocycles. The zero-order chi connectivity index (χ0) is 10.7. The van der Waals surface area contributed by atoms with Gasteiger partial charge in [0.2, 0.25) is 5.91 Å². The Kier molecular flexibility index (Phi) is 2.95. The highest BCUT2D eigenvalue weighted by molar-refractivity contribution is 5.92. The summed E-state index contributed by atoms with van der Waals surface area (Å²) in [5, 5.41) is 7.45. The fraction of sp³-hybridized carbons (Fsp3) is 0.500. The van der Waals surface area contributed by atoms with Crippen LogP contribution in [0, 0.1) is 6.92 Å². The summed E-state index contributed by atoms with van der Waals surface area (Å²) in [5.74, 6) is -0.530. The summed E-state index contributed by atoms with van der Waals surface area (Å²) in [6.07, 6.45) is 0.196. The zero-order valence-electron chi connectivity index (χ0n) is 8.15. The van der Waals surface area contributed by atoms with E-state index in [0.29, 0.717) is 17.9 Å². The maximum atomic E-state index is 11.0. The van der Waals surface area contributed by atoms with Crippen LogP contribution < -0.4 is 5.73 Å². The van der Waals surface area contributed by atoms with Gasteiger partial charge in [0.1, 0.15) is 0 Å². The van der Waals surface area contributed by atoms with Gasteiger partial charge < -0.3 is 5.73 Å². The van der Waals surface area contributed by atoms with E-state index in [4.69, 9.17) is 5.73 Å². The number of primary amides is 1. The SMILES string of the molecule is CC(=O)c1nnn(CCC(N)=O)c1C. The van der Waals surface area contributed by atoms with Crippen molar-refractivity contribution in [3.63, 3.8) is 0 Å². The molecule has 0 aliphatic carbocycles. The zero-order valence-corrected chi connectivity index (χ0v) is 8.15. The number of rotatable bonds is 4. The van der Waals surface area contributed by atoms with Gasteiger partial charge in [0, 0.05) is 13.3 Å². The van der Waals surface area contributed by atoms with Crippen molar-refractivity contribution in [2.45, 2.75) is 26.8 Å². The molecule has 1 aromatic heterocycles. The Hall–Kier alpha value is -1.72. The minimum Gasteiger partial charge on any atom is -0.370 e. The maximum absolute atomic E-state index is 11.0. The first-order valence-corrected chi connectivity index (χ1v) is 4.21. The van der Waals surface area contributed by atoms with E-state index in [0.717, 1.165) is 0 Å². The van der Waals surface area contributed by atoms with Crippen LogP contribution in [0.15, 0.2) is 0 Å². The van der Waals surface area contributed by atoms with Crippen LogP contribution in [0.1, 0.15) is 29.5 Å². The molecule has 0 aromatic carbocycles. The van der Waals surface area contributed by atoms with Crippen LogP contribution in [0.4, 0.5) is 0 Å². The molecular weight excluding hydrogens is 184 g/mol. The monoisotopic (exact) mass is 196 g/mol. The first-order valence-electron chi connectivity index (χ1n) is 4.21. The minimum absolute atomic E-state index is 0.132. The first-order chi connectivity index (χ1) is 6.52. The van der Waals surface area contributed by atoms with Gasteiger partial charge in [-0.1, -0.05) is 5.21 Å². The Labute approximate surface area is 81.1 Å². The second-order valence-corrected chi connectivity index (χ2v) is 3.02. The Morgan fingerprint density at radius 3 is 2.57 bits per heavy atom. The summed E-state index contributed by atoms with van der Waals surface area (Å²) in [7, 11) is 0. The van der Waals surface area contributed by atoms with Crippen molar-refractivity contribution in [2.24, 2.45) is 5.73 Å². The van der Waals surface area contributed by atoms with Gasteiger partial charge in [0.15, 0.2) is 11.5 Å². The molecule has 14 heavy (non-hydrogen) atoms. The van der Waals surface area contributed by atoms with Crippen LogP contribution in [0.5, 0.6) is 0 Å². The molecule has 0 spiro atoms. The van der Waals surface area contributed by atoms with E-state index in [9.17, 15) is 9.59 Å². The lowest BCUT2D eigenvalue weighted by molar-refractivity contribution is -0.118. The first kappa shape index (κ1) is 10.4. The summed E-state index contributed by atoms with van der Waals surface area (Å²) in [4.78, 5) is 21.5. The second-order valence-electron chi connectivity index (χ2n) is 3.02. The number of nitrogens with two attached hydrogens (primary N) is 1. The van der Waals surface area contributed by atoms with E-state index >= 15 is 0 Å². The molecule has 0 aliphatic rings. The van der Waals surface area contributed by atoms with Crippen LogP contribution in [0.3, 0.4) is 0 Å². The largest absolute Gasteiger partial charge is 0.370 e. The van der Waals surface area contributed by atoms with Crippen LogP contribution in [-0.2, 0) is 11.3 Å². The summed E-state index contributed by atoms with van der Waals surface area (Å²) >= 11 is 0. The van der Waals surface area contributed by atoms with Gasteiger partial charge in [-0.25, -0.2) is 4.68 Å². The highest BCUT2D eigenvalue weighted by Gasteiger charge is 2.12. The summed E-state index contributed by atoms with van der Waals surface area (Å²) in [5.41, 5.74) is 6.00. The van der Waals surface area contributed by atoms with E-state index in [1.54, 1.807) is 6.92 Å². The number of carbonyl (C=O) groups excluding carboxylic acids is 2. The molecule has 6 heteroatoms. The number of hydrogen-bond acceptors (Lipinski definition) is 4. The lowest BCUT2D eigenvalue weighted by Crippen LogP contribution is -2.15. The molecule has 0 unspecified atom stereocenters. The standard InChI is InChI=1S/C8H12N4O2/c1-5-8(6(2)13)10-11-12(5)4-3-7(9)14/h3-4H2,1-2H3,(H2,9,14). The molecule has 6 nitrogen and oxygen atoms in total. The molecule has 76 valence electrons. The van der Waals surface area contributed by atoms with Crippen molar-refractivity contribution < 1.29 is 9.59 Å². The predicted octanol–water partition coefficient (Wildman–Crippen LogP) is -0.335. The van der Waals surface area contributed by atoms with Gasteiger partial charge in [-0.2, -0.15) is 0 Å². The van der Waals surface area contributed by atoms with Gasteiger partial charge in [-0.3, -0.25) is 9.59 Å². The van der Waals surface area contributed by atoms with Gasteiger partial charge in [-0.05, 0) is 6.92 Å². The number of Topliss-reactive ketones (excluding diaryl/α,β-unsaturated/α-hetero) is 1. The third-order valence-corrected chi connectivity index (χ3v) is 1.89. The third kappa shape index (κ3) is 2.15. The van der Waals surface area contributed by atoms with E-state index in [-0.39, 0.29) is 12.2 Å². The van der Waals surface area contributed by atoms with Crippen molar-refractivity contribution in [1.82, 2.24) is 15.0 Å². The fourth-order valence-electron chi connectivity index (χ4n) is 1.11. The fourth-order valence-corrected chi connectivity index (χ4v) is 1.11. The molecule has 1 amide bonds. The van der Waals surface area contributed by atoms with Gasteiger partial charge >= 0.3 is 0 Å². The van der Waals surface area contributed by atoms with Crippen LogP contribution in [-0.4, -0.2) is 26.7 Å². The summed E-state index contributed by atoms with van der Waals surface area (Å²) < 4.78 is 1.50. The Morgan fingerprint density at radius 2 is 2.14 bits per heavy atom. The van der Waals surface area contributed by atoms with Gasteiger partial charge in [0.25, 0.3) is 0 Å². The molecule has 0 bridgehead atoms. The Bertz CT molecular complexity index is 369. The number of carbonyl (C=O) groups is 2. The number of aromatic nitrogens is 3. The molecule has 0 atom stereocenters. The lowest BCUT2D eigenvalue weighted by atomic mass is 10.2. The Balaban J connectivity index is 2.79. The average Bonchev–Trinajstić information content (AvgIpc) is 2.43. The highest BCUT2D eigenvalue weighted by atomic mass is 16.1. The molecule has 2 N–H and O–H groups in total. The summed E-state index contributed by atoms with van der Waals surface area (Å²) in [6, 6.07) is 0. The van der Waals surface area contributed by atoms with Crippen molar-refractivity contribution in [3.05, 3.63) is 11.4 Å². The molecular formula is C8H12N4O2. The predicted molar refractivity (Wildman–Crippen MR) is 48.6 cm³/mol. The molecule has 1 rings (SSSR count). The van der Waals surface area contributed by atoms with Crippen molar-refractivity contribution >= 4 is 11.7 Å². The highest BCUT2D eigenvalue weighted by Crippen LogP contribution is 2.04. The van der Waals surface area contributed by atoms with Crippen LogP contribution in [0.2, 0.25) is 0 Å². The second kappa shape index (κ2) is 3.99. The smallest absolute Gasteiger partial charge is 0.219 e. The molecule has 0 fully saturated rings. The number of ketones is 1. The van der Waals surface area contributed by atoms with Crippen LogP contribution in [0.25, 0.3) is 0 Å². The molecule has 0 saturated heterocycles. The van der Waals surface area contributed by atoms with E-state index in [2.05, 4.69) is 10.3 Å². The number of nitrogens with zero attached hydrogens (tertiary/aromatic N) is 3. The van der Waals surface area contributed by atoms with E-state index in [1.807, 2.05) is 0 Å². The lowest BCUT2D eigenvalue weighted by Gasteiger charge is -2.00. The number of amides is 1. The normalized spacial score (nSPS) is 10.1. The minimum atomic E-state index is -0.399. The van der Waals surface area contributed by atoms with Crippen molar-refractivity contribution in [3.8, 4) is 0 Å². The van der Waals surface area contributed by atoms with E-state index < -0.39 is 5.91 Å². The van der Waals surface area contributed by atoms with Crippen LogP contribution >= 0.6 is 0 Å². The van der Waals surface area contributed by atoms with Crippen molar-refractivity contribution in [1.29, 1.82) is 0 Å². The van der Waals surface area contributed by atoms with E-state index in [1.165, 1.54) is 11.6 Å². The Morgan fingerprint density at radius 1 is 1.50 bits per heavy atom. The summed E-state index contributed by atoms with van der Waals surface area (Å²) in [6.45, 7) is 3.52. The number of hydrogen-bond donors (Lipinski definition) is 1. The van der Waals surface area contributed by atoms with Gasteiger partial charge in [-0.15, -0.1) is 5.10 Å². The average molecular weight is 196 g/mol. The van der Waals surface area contributed by atoms with Crippen molar-refractivity contribution in [2.75, 3.05) is 0 Å². The molecule has 1 aromatic rings. The maximum Gasteiger partial charge on any atom is 0.219 e. The molecule has 0 radical (unpaired) electrons. The number of aryl methyl sites for hydroxylation is 1. The third-order valence-electron chi connectivity index (χ3n) is 1.89. The topological polar surface area (TPSA) is 90.9 Å². The molecule has 0 saturated carbocycles. The van der Waals surface area contributed by atoms with Gasteiger partial charge in [0.05, 0.1) is 12.2 Å². The molecule has 1 heterocycles. The quantitative estimate of drug-likeness (QED) is 0.667.